The van der Waals surface area contributed by atoms with E-state index in [9.17, 15) is 27.8 Å². The Morgan fingerprint density at radius 1 is 0.714 bits per heavy atom. The van der Waals surface area contributed by atoms with Gasteiger partial charge >= 0.3 is 36.8 Å². The number of esters is 4. The summed E-state index contributed by atoms with van der Waals surface area (Å²) in [6.07, 6.45) is 1.17. The first-order valence-electron chi connectivity index (χ1n) is 12.3. The first-order valence-corrected chi connectivity index (χ1v) is 12.3. The highest BCUT2D eigenvalue weighted by molar-refractivity contribution is 6.58. The van der Waals surface area contributed by atoms with E-state index in [0.717, 1.165) is 28.4 Å². The quantitative estimate of drug-likeness (QED) is 0.217. The molecule has 42 heavy (non-hydrogen) atoms. The summed E-state index contributed by atoms with van der Waals surface area (Å²) in [5.74, 6) is -4.04. The molecule has 0 saturated carbocycles. The molecule has 3 heterocycles. The van der Waals surface area contributed by atoms with Gasteiger partial charge in [-0.1, -0.05) is 0 Å². The van der Waals surface area contributed by atoms with Crippen molar-refractivity contribution in [3.63, 3.8) is 0 Å². The summed E-state index contributed by atoms with van der Waals surface area (Å²) >= 11 is 0. The Morgan fingerprint density at radius 3 is 1.57 bits per heavy atom. The SMILES string of the molecule is COC(=O)c1cc2c(cc1C(=O)OC)C(C1=CC(C3=NCc4cc(C(=O)OC)c(C(=O)OC)cc43)=[O+][B-](F)(F)O1)=NC2. The molecule has 2 aromatic carbocycles. The second-order valence-corrected chi connectivity index (χ2v) is 9.05. The first kappa shape index (κ1) is 28.3. The van der Waals surface area contributed by atoms with Gasteiger partial charge in [0.15, 0.2) is 5.71 Å². The molecule has 0 spiro atoms. The van der Waals surface area contributed by atoms with Crippen molar-refractivity contribution < 1.29 is 55.8 Å². The summed E-state index contributed by atoms with van der Waals surface area (Å²) in [6.45, 7) is -0.0116. The van der Waals surface area contributed by atoms with Crippen LogP contribution in [0.4, 0.5) is 8.63 Å². The van der Waals surface area contributed by atoms with Gasteiger partial charge in [0.25, 0.3) is 0 Å². The average Bonchev–Trinajstić information content (AvgIpc) is 3.60. The highest BCUT2D eigenvalue weighted by Gasteiger charge is 2.55. The highest BCUT2D eigenvalue weighted by atomic mass is 19.3. The van der Waals surface area contributed by atoms with Gasteiger partial charge in [0.2, 0.25) is 0 Å². The number of methoxy groups -OCH3 is 4. The van der Waals surface area contributed by atoms with Crippen molar-refractivity contribution in [2.75, 3.05) is 28.4 Å². The van der Waals surface area contributed by atoms with Crippen LogP contribution in [0.3, 0.4) is 0 Å². The van der Waals surface area contributed by atoms with Gasteiger partial charge in [-0.3, -0.25) is 9.98 Å². The molecule has 0 radical (unpaired) electrons. The number of nitrogens with zero attached hydrogens (tertiary/aromatic N) is 2. The highest BCUT2D eigenvalue weighted by Crippen LogP contribution is 2.32. The van der Waals surface area contributed by atoms with Crippen molar-refractivity contribution in [3.8, 4) is 0 Å². The van der Waals surface area contributed by atoms with Crippen molar-refractivity contribution in [3.05, 3.63) is 80.6 Å². The molecular formula is C27H21BF2N2O10. The second-order valence-electron chi connectivity index (χ2n) is 9.05. The summed E-state index contributed by atoms with van der Waals surface area (Å²) in [4.78, 5) is 58.1. The minimum atomic E-state index is -4.92. The Morgan fingerprint density at radius 2 is 1.12 bits per heavy atom. The van der Waals surface area contributed by atoms with E-state index in [1.54, 1.807) is 0 Å². The van der Waals surface area contributed by atoms with Crippen LogP contribution in [-0.2, 0) is 41.0 Å². The maximum atomic E-state index is 14.9. The molecule has 0 fully saturated rings. The summed E-state index contributed by atoms with van der Waals surface area (Å²) < 4.78 is 58.6. The molecule has 0 saturated heterocycles. The third kappa shape index (κ3) is 4.82. The Bertz CT molecular complexity index is 1710. The first-order chi connectivity index (χ1) is 20.0. The zero-order chi connectivity index (χ0) is 30.3. The lowest BCUT2D eigenvalue weighted by molar-refractivity contribution is -0.361. The molecule has 0 aromatic heterocycles. The number of halogens is 2. The monoisotopic (exact) mass is 582 g/mol. The largest absolute Gasteiger partial charge is 0.995 e. The third-order valence-corrected chi connectivity index (χ3v) is 6.69. The van der Waals surface area contributed by atoms with E-state index in [-0.39, 0.29) is 69.4 Å². The number of carbonyl (C=O) groups excluding carboxylic acids is 5. The lowest BCUT2D eigenvalue weighted by Gasteiger charge is -2.21. The van der Waals surface area contributed by atoms with Gasteiger partial charge in [-0.05, 0) is 35.4 Å². The molecule has 0 bridgehead atoms. The van der Waals surface area contributed by atoms with Crippen LogP contribution in [0, 0.1) is 0 Å². The fourth-order valence-corrected chi connectivity index (χ4v) is 4.78. The number of allylic oxidation sites excluding steroid dienone is 2. The van der Waals surface area contributed by atoms with Crippen LogP contribution < -0.4 is 0 Å². The predicted molar refractivity (Wildman–Crippen MR) is 141 cm³/mol. The van der Waals surface area contributed by atoms with E-state index in [2.05, 4.69) is 9.98 Å². The minimum Gasteiger partial charge on any atom is -0.568 e. The van der Waals surface area contributed by atoms with Crippen molar-refractivity contribution >= 4 is 48.2 Å². The standard InChI is InChI=1S/C27H21BF2N2O10/c1-37-24(33)16-5-12-10-31-22(14(12)7-18(16)26(35)39-3)20-9-21(42-28(29,30)41-20)23-15-8-19(27(36)40-4)17(25(34)38-2)6-13(15)11-32-23/h5-9H,10-11H2,1-4H3. The molecular weight excluding hydrogens is 561 g/mol. The summed E-state index contributed by atoms with van der Waals surface area (Å²) in [5.41, 5.74) is 0.906. The van der Waals surface area contributed by atoms with Gasteiger partial charge in [0.05, 0.1) is 69.9 Å². The predicted octanol–water partition coefficient (Wildman–Crippen LogP) is 2.53. The Kier molecular flexibility index (Phi) is 7.18. The molecule has 3 aliphatic rings. The number of carbonyl (C=O) groups is 4. The molecule has 0 unspecified atom stereocenters. The van der Waals surface area contributed by atoms with Gasteiger partial charge in [0.1, 0.15) is 11.5 Å². The fourth-order valence-electron chi connectivity index (χ4n) is 4.78. The zero-order valence-electron chi connectivity index (χ0n) is 22.6. The number of rotatable bonds is 6. The number of hydrogen-bond acceptors (Lipinski definition) is 11. The topological polar surface area (TPSA) is 150 Å². The summed E-state index contributed by atoms with van der Waals surface area (Å²) in [6, 6.07) is 5.34. The van der Waals surface area contributed by atoms with Gasteiger partial charge in [-0.25, -0.2) is 19.2 Å². The van der Waals surface area contributed by atoms with E-state index in [4.69, 9.17) is 27.9 Å². The van der Waals surface area contributed by atoms with Gasteiger partial charge < -0.3 is 36.6 Å². The number of ketones is 1. The minimum absolute atomic E-state index is 0.00580. The maximum Gasteiger partial charge on any atom is 0.995 e. The summed E-state index contributed by atoms with van der Waals surface area (Å²) in [5, 5.41) is 0. The van der Waals surface area contributed by atoms with E-state index in [1.807, 2.05) is 0 Å². The Balaban J connectivity index is 1.58. The van der Waals surface area contributed by atoms with Crippen LogP contribution in [-0.4, -0.2) is 76.6 Å². The molecule has 12 nitrogen and oxygen atoms in total. The van der Waals surface area contributed by atoms with E-state index in [1.165, 1.54) is 30.3 Å². The third-order valence-electron chi connectivity index (χ3n) is 6.69. The van der Waals surface area contributed by atoms with Gasteiger partial charge in [0, 0.05) is 11.1 Å². The lowest BCUT2D eigenvalue weighted by Crippen LogP contribution is -2.38. The molecule has 3 aliphatic heterocycles. The Hall–Kier alpha value is -5.21. The normalized spacial score (nSPS) is 16.0. The Labute approximate surface area is 236 Å². The lowest BCUT2D eigenvalue weighted by atomic mass is 9.93. The van der Waals surface area contributed by atoms with Crippen molar-refractivity contribution in [1.29, 1.82) is 0 Å². The molecule has 216 valence electrons. The smallest absolute Gasteiger partial charge is 0.568 e. The van der Waals surface area contributed by atoms with Crippen molar-refractivity contribution in [2.45, 2.75) is 13.1 Å². The molecule has 0 N–H and O–H groups in total. The molecule has 0 atom stereocenters. The second kappa shape index (κ2) is 10.6. The number of hydrogen-bond donors (Lipinski definition) is 0. The molecule has 0 aliphatic carbocycles. The van der Waals surface area contributed by atoms with Crippen LogP contribution in [0.5, 0.6) is 0 Å². The fraction of sp³-hybridized carbons (Fsp3) is 0.222. The number of fused-ring (bicyclic) bond motifs is 2. The van der Waals surface area contributed by atoms with Gasteiger partial charge in [-0.2, -0.15) is 0 Å². The van der Waals surface area contributed by atoms with E-state index < -0.39 is 31.0 Å². The number of ether oxygens (including phenoxy) is 4. The molecule has 5 rings (SSSR count). The summed E-state index contributed by atoms with van der Waals surface area (Å²) in [7, 11) is -0.375. The van der Waals surface area contributed by atoms with Crippen molar-refractivity contribution in [1.82, 2.24) is 0 Å². The molecule has 15 heteroatoms. The number of benzene rings is 2. The zero-order valence-corrected chi connectivity index (χ0v) is 22.6. The van der Waals surface area contributed by atoms with E-state index in [0.29, 0.717) is 11.1 Å². The van der Waals surface area contributed by atoms with Crippen LogP contribution >= 0.6 is 0 Å². The molecule has 0 amide bonds. The van der Waals surface area contributed by atoms with Crippen molar-refractivity contribution in [2.24, 2.45) is 9.98 Å². The average molecular weight is 582 g/mol. The van der Waals surface area contributed by atoms with E-state index >= 15 is 0 Å². The van der Waals surface area contributed by atoms with Crippen LogP contribution in [0.25, 0.3) is 0 Å². The maximum absolute atomic E-state index is 14.9. The van der Waals surface area contributed by atoms with Gasteiger partial charge in [-0.15, -0.1) is 0 Å². The molecule has 2 aromatic rings. The van der Waals surface area contributed by atoms with Crippen LogP contribution in [0.2, 0.25) is 0 Å². The van der Waals surface area contributed by atoms with Crippen LogP contribution in [0.1, 0.15) is 63.7 Å². The van der Waals surface area contributed by atoms with Crippen LogP contribution in [0.15, 0.2) is 46.1 Å². The number of aliphatic imine (C=N–C) groups is 2.